The van der Waals surface area contributed by atoms with Gasteiger partial charge in [0.15, 0.2) is 12.0 Å². The Kier molecular flexibility index (Phi) is 4.42. The van der Waals surface area contributed by atoms with Gasteiger partial charge in [0.1, 0.15) is 0 Å². The van der Waals surface area contributed by atoms with Crippen molar-refractivity contribution in [3.63, 3.8) is 0 Å². The lowest BCUT2D eigenvalue weighted by Crippen LogP contribution is -2.51. The van der Waals surface area contributed by atoms with Crippen molar-refractivity contribution in [3.05, 3.63) is 35.9 Å². The van der Waals surface area contributed by atoms with Gasteiger partial charge in [0.05, 0.1) is 5.71 Å². The fraction of sp³-hybridized carbons (Fsp3) is 0.636. The van der Waals surface area contributed by atoms with E-state index >= 15 is 0 Å². The minimum atomic E-state index is -0.604. The van der Waals surface area contributed by atoms with Gasteiger partial charge in [-0.25, -0.2) is 0 Å². The van der Waals surface area contributed by atoms with E-state index < -0.39 is 5.72 Å². The van der Waals surface area contributed by atoms with E-state index in [1.807, 2.05) is 11.9 Å². The summed E-state index contributed by atoms with van der Waals surface area (Å²) in [6, 6.07) is 10.6. The van der Waals surface area contributed by atoms with Crippen LogP contribution in [-0.2, 0) is 9.53 Å². The monoisotopic (exact) mass is 354 g/mol. The summed E-state index contributed by atoms with van der Waals surface area (Å²) in [4.78, 5) is 20.0. The third kappa shape index (κ3) is 2.45. The number of benzene rings is 1. The minimum absolute atomic E-state index is 0.0124. The van der Waals surface area contributed by atoms with E-state index in [0.29, 0.717) is 11.8 Å². The summed E-state index contributed by atoms with van der Waals surface area (Å²) in [5.74, 6) is 1.26. The predicted molar refractivity (Wildman–Crippen MR) is 103 cm³/mol. The SMILES string of the molecule is CCC(CC)[C@@H]1N=C2C[C@H](c3ccccc3)[C@@H](C)C3C[C@@]2(O1)N(C)C3=O. The number of carbonyl (C=O) groups is 1. The zero-order chi connectivity index (χ0) is 18.5. The number of amides is 1. The van der Waals surface area contributed by atoms with Crippen LogP contribution >= 0.6 is 0 Å². The topological polar surface area (TPSA) is 41.9 Å². The van der Waals surface area contributed by atoms with Crippen molar-refractivity contribution in [1.82, 2.24) is 4.90 Å². The lowest BCUT2D eigenvalue weighted by molar-refractivity contribution is -0.148. The van der Waals surface area contributed by atoms with Crippen molar-refractivity contribution in [2.75, 3.05) is 7.05 Å². The summed E-state index contributed by atoms with van der Waals surface area (Å²) in [6.45, 7) is 6.63. The number of likely N-dealkylation sites (tertiary alicyclic amines) is 1. The summed E-state index contributed by atoms with van der Waals surface area (Å²) in [7, 11) is 1.91. The number of nitrogens with zero attached hydrogens (tertiary/aromatic N) is 2. The van der Waals surface area contributed by atoms with Gasteiger partial charge in [-0.15, -0.1) is 0 Å². The molecule has 1 saturated carbocycles. The third-order valence-corrected chi connectivity index (χ3v) is 7.10. The van der Waals surface area contributed by atoms with Gasteiger partial charge in [-0.2, -0.15) is 0 Å². The first-order valence-corrected chi connectivity index (χ1v) is 10.1. The largest absolute Gasteiger partial charge is 0.325 e. The van der Waals surface area contributed by atoms with Gasteiger partial charge in [-0.1, -0.05) is 51.1 Å². The van der Waals surface area contributed by atoms with Gasteiger partial charge in [0, 0.05) is 25.3 Å². The second-order valence-electron chi connectivity index (χ2n) is 8.23. The Bertz CT molecular complexity index is 712. The molecule has 1 unspecified atom stereocenters. The molecule has 0 N–H and O–H groups in total. The highest BCUT2D eigenvalue weighted by Crippen LogP contribution is 2.52. The second-order valence-corrected chi connectivity index (χ2v) is 8.23. The molecule has 3 aliphatic rings. The average molecular weight is 354 g/mol. The first-order valence-electron chi connectivity index (χ1n) is 10.1. The molecular formula is C22H30N2O2. The summed E-state index contributed by atoms with van der Waals surface area (Å²) < 4.78 is 6.58. The predicted octanol–water partition coefficient (Wildman–Crippen LogP) is 4.22. The Morgan fingerprint density at radius 2 is 1.92 bits per heavy atom. The Morgan fingerprint density at radius 1 is 1.23 bits per heavy atom. The number of hydrogen-bond acceptors (Lipinski definition) is 3. The van der Waals surface area contributed by atoms with Crippen LogP contribution in [0.4, 0.5) is 0 Å². The number of aliphatic imine (C=N–C) groups is 1. The van der Waals surface area contributed by atoms with E-state index in [1.54, 1.807) is 0 Å². The van der Waals surface area contributed by atoms with Gasteiger partial charge in [-0.05, 0) is 36.7 Å². The molecule has 0 aromatic heterocycles. The van der Waals surface area contributed by atoms with E-state index in [2.05, 4.69) is 51.1 Å². The van der Waals surface area contributed by atoms with Gasteiger partial charge in [-0.3, -0.25) is 9.79 Å². The summed E-state index contributed by atoms with van der Waals surface area (Å²) in [6.07, 6.45) is 3.62. The molecule has 1 aliphatic carbocycles. The van der Waals surface area contributed by atoms with Crippen molar-refractivity contribution in [2.24, 2.45) is 22.7 Å². The first kappa shape index (κ1) is 17.7. The number of hydrogen-bond donors (Lipinski definition) is 0. The Morgan fingerprint density at radius 3 is 2.58 bits per heavy atom. The van der Waals surface area contributed by atoms with Crippen LogP contribution < -0.4 is 0 Å². The van der Waals surface area contributed by atoms with E-state index in [1.165, 1.54) is 5.56 Å². The standard InChI is InChI=1S/C22H30N2O2/c1-5-15(6-2)20-23-19-12-17(16-10-8-7-9-11-16)14(3)18-13-22(19,26-20)24(4)21(18)25/h7-11,14-15,17-18,20H,5-6,12-13H2,1-4H3/t14-,17+,18?,20-,22+/m1/s1. The fourth-order valence-electron chi connectivity index (χ4n) is 5.25. The molecule has 0 radical (unpaired) electrons. The molecule has 5 atom stereocenters. The van der Waals surface area contributed by atoms with Crippen LogP contribution in [-0.4, -0.2) is 35.5 Å². The minimum Gasteiger partial charge on any atom is -0.325 e. The molecule has 4 nitrogen and oxygen atoms in total. The zero-order valence-corrected chi connectivity index (χ0v) is 16.3. The maximum absolute atomic E-state index is 13.1. The van der Waals surface area contributed by atoms with Crippen LogP contribution in [0, 0.1) is 17.8 Å². The number of rotatable bonds is 4. The normalized spacial score (nSPS) is 36.3. The molecule has 26 heavy (non-hydrogen) atoms. The maximum Gasteiger partial charge on any atom is 0.228 e. The zero-order valence-electron chi connectivity index (χ0n) is 16.3. The quantitative estimate of drug-likeness (QED) is 0.812. The van der Waals surface area contributed by atoms with Crippen molar-refractivity contribution in [1.29, 1.82) is 0 Å². The molecule has 4 rings (SSSR count). The van der Waals surface area contributed by atoms with Crippen LogP contribution in [0.15, 0.2) is 35.3 Å². The molecule has 1 spiro atoms. The molecular weight excluding hydrogens is 324 g/mol. The van der Waals surface area contributed by atoms with E-state index in [-0.39, 0.29) is 24.0 Å². The van der Waals surface area contributed by atoms with Gasteiger partial charge < -0.3 is 9.64 Å². The van der Waals surface area contributed by atoms with Crippen molar-refractivity contribution >= 4 is 11.6 Å². The Balaban J connectivity index is 1.76. The molecule has 2 heterocycles. The molecule has 2 aliphatic heterocycles. The number of fused-ring (bicyclic) bond motifs is 1. The van der Waals surface area contributed by atoms with E-state index in [9.17, 15) is 4.79 Å². The summed E-state index contributed by atoms with van der Waals surface area (Å²) >= 11 is 0. The molecule has 2 fully saturated rings. The third-order valence-electron chi connectivity index (χ3n) is 7.10. The molecule has 1 aromatic carbocycles. The highest BCUT2D eigenvalue weighted by atomic mass is 16.6. The number of ether oxygens (including phenoxy) is 1. The molecule has 140 valence electrons. The van der Waals surface area contributed by atoms with Crippen LogP contribution in [0.3, 0.4) is 0 Å². The summed E-state index contributed by atoms with van der Waals surface area (Å²) in [5, 5.41) is 0. The number of carbonyl (C=O) groups excluding carboxylic acids is 1. The second kappa shape index (κ2) is 6.49. The smallest absolute Gasteiger partial charge is 0.228 e. The molecule has 1 amide bonds. The summed E-state index contributed by atoms with van der Waals surface area (Å²) in [5.41, 5.74) is 1.80. The highest BCUT2D eigenvalue weighted by molar-refractivity contribution is 6.01. The Labute approximate surface area is 156 Å². The average Bonchev–Trinajstić information content (AvgIpc) is 3.10. The van der Waals surface area contributed by atoms with Crippen molar-refractivity contribution < 1.29 is 9.53 Å². The van der Waals surface area contributed by atoms with Crippen molar-refractivity contribution in [3.8, 4) is 0 Å². The van der Waals surface area contributed by atoms with Gasteiger partial charge >= 0.3 is 0 Å². The van der Waals surface area contributed by atoms with Gasteiger partial charge in [0.25, 0.3) is 0 Å². The van der Waals surface area contributed by atoms with Crippen molar-refractivity contribution in [2.45, 2.75) is 64.3 Å². The van der Waals surface area contributed by atoms with Crippen LogP contribution in [0.5, 0.6) is 0 Å². The molecule has 4 heteroatoms. The first-order chi connectivity index (χ1) is 12.5. The van der Waals surface area contributed by atoms with E-state index in [0.717, 1.165) is 31.4 Å². The molecule has 2 bridgehead atoms. The lowest BCUT2D eigenvalue weighted by atomic mass is 9.78. The maximum atomic E-state index is 13.1. The lowest BCUT2D eigenvalue weighted by Gasteiger charge is -2.35. The molecule has 1 aromatic rings. The fourth-order valence-corrected chi connectivity index (χ4v) is 5.25. The van der Waals surface area contributed by atoms with Crippen LogP contribution in [0.2, 0.25) is 0 Å². The van der Waals surface area contributed by atoms with Gasteiger partial charge in [0.2, 0.25) is 5.91 Å². The van der Waals surface area contributed by atoms with Crippen LogP contribution in [0.25, 0.3) is 0 Å². The van der Waals surface area contributed by atoms with Crippen LogP contribution in [0.1, 0.15) is 57.9 Å². The van der Waals surface area contributed by atoms with E-state index in [4.69, 9.17) is 9.73 Å². The highest BCUT2D eigenvalue weighted by Gasteiger charge is 2.61. The molecule has 1 saturated heterocycles. The Hall–Kier alpha value is -1.68.